The van der Waals surface area contributed by atoms with Crippen LogP contribution >= 0.6 is 0 Å². The largest absolute Gasteiger partial charge is 0.481 e. The molecule has 0 aliphatic carbocycles. The Labute approximate surface area is 329 Å². The first kappa shape index (κ1) is 43.3. The fourth-order valence-corrected chi connectivity index (χ4v) is 6.75. The number of amides is 6. The number of carboxylic acids is 1. The first-order valence-corrected chi connectivity index (χ1v) is 18.8. The van der Waals surface area contributed by atoms with Gasteiger partial charge in [0.15, 0.2) is 5.96 Å². The Morgan fingerprint density at radius 3 is 2.25 bits per heavy atom. The predicted octanol–water partition coefficient (Wildman–Crippen LogP) is -0.519. The molecule has 0 radical (unpaired) electrons. The molecule has 0 saturated carbocycles. The highest BCUT2D eigenvalue weighted by Gasteiger charge is 2.34. The molecule has 4 atom stereocenters. The number of aliphatic imine (C=N–C) groups is 1. The minimum Gasteiger partial charge on any atom is -0.481 e. The monoisotopic (exact) mass is 788 g/mol. The minimum atomic E-state index is -1.67. The van der Waals surface area contributed by atoms with Crippen molar-refractivity contribution in [3.05, 3.63) is 71.4 Å². The molecule has 1 aliphatic rings. The molecule has 4 rings (SSSR count). The average Bonchev–Trinajstić information content (AvgIpc) is 3.59. The second kappa shape index (κ2) is 21.0. The Hall–Kier alpha value is -6.46. The van der Waals surface area contributed by atoms with E-state index in [4.69, 9.17) is 17.2 Å². The summed E-state index contributed by atoms with van der Waals surface area (Å²) in [6.07, 6.45) is 4.25. The molecule has 0 spiro atoms. The molecule has 2 heterocycles. The van der Waals surface area contributed by atoms with E-state index in [-0.39, 0.29) is 44.1 Å². The van der Waals surface area contributed by atoms with Crippen LogP contribution in [-0.4, -0.2) is 107 Å². The molecule has 306 valence electrons. The summed E-state index contributed by atoms with van der Waals surface area (Å²) >= 11 is 0. The molecule has 0 saturated heterocycles. The lowest BCUT2D eigenvalue weighted by molar-refractivity contribution is -0.143. The van der Waals surface area contributed by atoms with Crippen molar-refractivity contribution in [3.63, 3.8) is 0 Å². The number of aromatic amines is 1. The number of nitrogens with zero attached hydrogens (tertiary/aromatic N) is 2. The van der Waals surface area contributed by atoms with Gasteiger partial charge in [-0.3, -0.25) is 38.6 Å². The number of para-hydroxylation sites is 1. The van der Waals surface area contributed by atoms with Gasteiger partial charge in [0.25, 0.3) is 0 Å². The molecule has 12 N–H and O–H groups in total. The molecule has 0 fully saturated rings. The number of nitrogens with two attached hydrogens (primary N) is 3. The van der Waals surface area contributed by atoms with E-state index >= 15 is 0 Å². The Morgan fingerprint density at radius 1 is 0.825 bits per heavy atom. The van der Waals surface area contributed by atoms with Crippen LogP contribution in [0.3, 0.4) is 0 Å². The molecule has 1 aliphatic heterocycles. The van der Waals surface area contributed by atoms with Crippen LogP contribution in [0.5, 0.6) is 0 Å². The highest BCUT2D eigenvalue weighted by Crippen LogP contribution is 2.25. The topological polar surface area (TPSA) is 297 Å². The zero-order valence-corrected chi connectivity index (χ0v) is 31.9. The van der Waals surface area contributed by atoms with Gasteiger partial charge >= 0.3 is 5.97 Å². The number of H-pyrrole nitrogens is 1. The Morgan fingerprint density at radius 2 is 1.54 bits per heavy atom. The number of rotatable bonds is 9. The van der Waals surface area contributed by atoms with Crippen LogP contribution in [0.1, 0.15) is 61.6 Å². The average molecular weight is 789 g/mol. The van der Waals surface area contributed by atoms with Gasteiger partial charge in [-0.1, -0.05) is 55.0 Å². The molecular weight excluding hydrogens is 736 g/mol. The third kappa shape index (κ3) is 13.1. The van der Waals surface area contributed by atoms with Crippen LogP contribution in [0, 0.1) is 0 Å². The molecule has 57 heavy (non-hydrogen) atoms. The zero-order chi connectivity index (χ0) is 41.5. The van der Waals surface area contributed by atoms with Crippen molar-refractivity contribution < 1.29 is 38.7 Å². The number of aromatic nitrogens is 1. The first-order chi connectivity index (χ1) is 27.2. The van der Waals surface area contributed by atoms with Crippen LogP contribution in [0.2, 0.25) is 0 Å². The zero-order valence-electron chi connectivity index (χ0n) is 31.9. The lowest BCUT2D eigenvalue weighted by Crippen LogP contribution is -2.58. The summed E-state index contributed by atoms with van der Waals surface area (Å²) in [5.74, 6) is -5.96. The number of guanidine groups is 1. The molecule has 0 unspecified atom stereocenters. The molecule has 4 bridgehead atoms. The summed E-state index contributed by atoms with van der Waals surface area (Å²) in [5.41, 5.74) is 20.0. The molecule has 2 aromatic carbocycles. The van der Waals surface area contributed by atoms with Crippen molar-refractivity contribution in [2.45, 2.75) is 88.4 Å². The van der Waals surface area contributed by atoms with E-state index in [2.05, 4.69) is 31.2 Å². The Balaban J connectivity index is 1.66. The summed E-state index contributed by atoms with van der Waals surface area (Å²) in [7, 11) is 1.40. The number of hydrogen-bond donors (Lipinski definition) is 9. The van der Waals surface area contributed by atoms with Crippen molar-refractivity contribution in [2.75, 3.05) is 20.1 Å². The molecule has 18 nitrogen and oxygen atoms in total. The predicted molar refractivity (Wildman–Crippen MR) is 211 cm³/mol. The van der Waals surface area contributed by atoms with Crippen LogP contribution in [0.4, 0.5) is 0 Å². The number of aryl methyl sites for hydroxylation is 1. The van der Waals surface area contributed by atoms with Gasteiger partial charge in [0, 0.05) is 50.0 Å². The number of primary amides is 1. The number of aliphatic carboxylic acids is 1. The van der Waals surface area contributed by atoms with Crippen molar-refractivity contribution in [1.29, 1.82) is 0 Å². The summed E-state index contributed by atoms with van der Waals surface area (Å²) < 4.78 is 0. The van der Waals surface area contributed by atoms with E-state index in [0.29, 0.717) is 31.2 Å². The van der Waals surface area contributed by atoms with E-state index in [1.165, 1.54) is 11.9 Å². The number of carbonyl (C=O) groups is 7. The van der Waals surface area contributed by atoms with Gasteiger partial charge < -0.3 is 53.5 Å². The highest BCUT2D eigenvalue weighted by molar-refractivity contribution is 5.97. The lowest BCUT2D eigenvalue weighted by atomic mass is 9.98. The van der Waals surface area contributed by atoms with Crippen molar-refractivity contribution >= 4 is 58.3 Å². The third-order valence-corrected chi connectivity index (χ3v) is 9.74. The quantitative estimate of drug-likeness (QED) is 0.0760. The van der Waals surface area contributed by atoms with Crippen molar-refractivity contribution in [2.24, 2.45) is 22.2 Å². The number of likely N-dealkylation sites (N-methyl/N-ethyl adjacent to an activating group) is 1. The Bertz CT molecular complexity index is 1940. The Kier molecular flexibility index (Phi) is 15.9. The number of nitrogens with one attached hydrogen (secondary N) is 5. The number of hydrogen-bond acceptors (Lipinski definition) is 8. The van der Waals surface area contributed by atoms with E-state index in [0.717, 1.165) is 28.5 Å². The lowest BCUT2D eigenvalue weighted by Gasteiger charge is -2.31. The number of benzene rings is 2. The van der Waals surface area contributed by atoms with Gasteiger partial charge in [0.1, 0.15) is 24.2 Å². The fourth-order valence-electron chi connectivity index (χ4n) is 6.75. The number of carbonyl (C=O) groups excluding carboxylic acids is 6. The van der Waals surface area contributed by atoms with Gasteiger partial charge in [-0.05, 0) is 48.8 Å². The number of carboxylic acid groups (broad SMARTS) is 1. The third-order valence-electron chi connectivity index (χ3n) is 9.74. The fraction of sp³-hybridized carbons (Fsp3) is 0.436. The van der Waals surface area contributed by atoms with Gasteiger partial charge in [-0.15, -0.1) is 0 Å². The summed E-state index contributed by atoms with van der Waals surface area (Å²) in [6, 6.07) is 9.36. The first-order valence-electron chi connectivity index (χ1n) is 18.8. The van der Waals surface area contributed by atoms with Crippen LogP contribution < -0.4 is 38.5 Å². The van der Waals surface area contributed by atoms with Crippen LogP contribution in [-0.2, 0) is 52.8 Å². The van der Waals surface area contributed by atoms with Gasteiger partial charge in [-0.25, -0.2) is 0 Å². The molecule has 6 amide bonds. The SMILES string of the molecule is CN1C(=O)[C@H](Cc2ccccc2)NC(=O)[C@H](CC(=O)O)NC(=O)CNC(=O)[C@H](CCCN=C(N)N)NC(=O)CCCCCc2cccc3c(c[nH]c23)C[C@@H]1C(N)=O. The normalized spacial score (nSPS) is 21.0. The maximum absolute atomic E-state index is 14.2. The van der Waals surface area contributed by atoms with Crippen LogP contribution in [0.15, 0.2) is 59.7 Å². The van der Waals surface area contributed by atoms with E-state index in [9.17, 15) is 38.7 Å². The van der Waals surface area contributed by atoms with E-state index < -0.39 is 72.6 Å². The van der Waals surface area contributed by atoms with Gasteiger partial charge in [0.05, 0.1) is 13.0 Å². The molecule has 18 heteroatoms. The van der Waals surface area contributed by atoms with Gasteiger partial charge in [0.2, 0.25) is 35.4 Å². The van der Waals surface area contributed by atoms with Crippen LogP contribution in [0.25, 0.3) is 10.9 Å². The summed E-state index contributed by atoms with van der Waals surface area (Å²) in [6.45, 7) is -0.471. The van der Waals surface area contributed by atoms with E-state index in [1.807, 2.05) is 18.2 Å². The summed E-state index contributed by atoms with van der Waals surface area (Å²) in [4.78, 5) is 100. The maximum Gasteiger partial charge on any atom is 0.305 e. The standard InChI is InChI=1S/C39H52N10O8/c1-49-30(35(40)54)19-25-21-44-34-24(13-8-14-26(25)34)12-6-3-7-16-31(50)46-27(15-9-17-43-39(41)42)36(55)45-22-32(51)47-28(20-33(52)53)37(56)48-29(38(49)57)18-23-10-4-2-5-11-23/h2,4-5,8,10-11,13-14,21,27-30,44H,3,6-7,9,12,15-20,22H2,1H3,(H2,40,54)(H,45,55)(H,46,50)(H,47,51)(H,48,56)(H,52,53)(H4,41,42,43)/t27-,28-,29-,30+/m0/s1. The molecule has 3 aromatic rings. The smallest absolute Gasteiger partial charge is 0.305 e. The minimum absolute atomic E-state index is 0.0439. The maximum atomic E-state index is 14.2. The molecule has 1 aromatic heterocycles. The second-order valence-electron chi connectivity index (χ2n) is 14.0. The van der Waals surface area contributed by atoms with E-state index in [1.54, 1.807) is 36.5 Å². The van der Waals surface area contributed by atoms with Gasteiger partial charge in [-0.2, -0.15) is 0 Å². The second-order valence-corrected chi connectivity index (χ2v) is 14.0. The highest BCUT2D eigenvalue weighted by atomic mass is 16.4. The van der Waals surface area contributed by atoms with Crippen molar-refractivity contribution in [1.82, 2.24) is 31.2 Å². The van der Waals surface area contributed by atoms with Crippen molar-refractivity contribution in [3.8, 4) is 0 Å². The summed E-state index contributed by atoms with van der Waals surface area (Å²) in [5, 5.41) is 20.6. The molecular formula is C39H52N10O8.